The van der Waals surface area contributed by atoms with E-state index in [2.05, 4.69) is 15.3 Å². The van der Waals surface area contributed by atoms with Gasteiger partial charge in [-0.15, -0.1) is 10.2 Å². The highest BCUT2D eigenvalue weighted by Crippen LogP contribution is 2.17. The Morgan fingerprint density at radius 1 is 1.21 bits per heavy atom. The van der Waals surface area contributed by atoms with Gasteiger partial charge in [0.15, 0.2) is 11.5 Å². The van der Waals surface area contributed by atoms with E-state index in [-0.39, 0.29) is 18.3 Å². The monoisotopic (exact) mass is 346 g/mol. The van der Waals surface area contributed by atoms with Crippen LogP contribution in [0.4, 0.5) is 0 Å². The van der Waals surface area contributed by atoms with Crippen LogP contribution in [0.15, 0.2) is 24.4 Å². The number of nitrogens with zero attached hydrogens (tertiary/aromatic N) is 6. The first kappa shape index (κ1) is 14.6. The first-order chi connectivity index (χ1) is 11.5. The van der Waals surface area contributed by atoms with Gasteiger partial charge in [0.1, 0.15) is 0 Å². The minimum Gasteiger partial charge on any atom is -0.475 e. The number of carboxylic acid groups (broad SMARTS) is 1. The highest BCUT2D eigenvalue weighted by molar-refractivity contribution is 6.30. The van der Waals surface area contributed by atoms with Crippen molar-refractivity contribution in [1.29, 1.82) is 0 Å². The average Bonchev–Trinajstić information content (AvgIpc) is 3.16. The molecular formula is C14H11ClN6O3. The van der Waals surface area contributed by atoms with E-state index in [0.717, 1.165) is 5.52 Å². The molecule has 0 saturated carbocycles. The van der Waals surface area contributed by atoms with Crippen LogP contribution in [0.3, 0.4) is 0 Å². The molecule has 1 N–H and O–H groups in total. The molecule has 0 bridgehead atoms. The normalized spacial score (nSPS) is 14.0. The Kier molecular flexibility index (Phi) is 3.24. The summed E-state index contributed by atoms with van der Waals surface area (Å²) in [4.78, 5) is 25.3. The fourth-order valence-corrected chi connectivity index (χ4v) is 2.87. The van der Waals surface area contributed by atoms with Crippen LogP contribution in [0.1, 0.15) is 26.9 Å². The van der Waals surface area contributed by atoms with Crippen molar-refractivity contribution in [3.63, 3.8) is 0 Å². The number of rotatable bonds is 2. The quantitative estimate of drug-likeness (QED) is 0.740. The lowest BCUT2D eigenvalue weighted by atomic mass is 10.3. The van der Waals surface area contributed by atoms with Crippen molar-refractivity contribution in [3.8, 4) is 0 Å². The largest absolute Gasteiger partial charge is 0.475 e. The van der Waals surface area contributed by atoms with Gasteiger partial charge >= 0.3 is 5.97 Å². The third-order valence-corrected chi connectivity index (χ3v) is 4.10. The van der Waals surface area contributed by atoms with Gasteiger partial charge in [0.05, 0.1) is 17.1 Å². The van der Waals surface area contributed by atoms with E-state index in [1.165, 1.54) is 4.57 Å². The summed E-state index contributed by atoms with van der Waals surface area (Å²) in [6.45, 7) is 0.876. The van der Waals surface area contributed by atoms with Gasteiger partial charge in [-0.2, -0.15) is 5.10 Å². The van der Waals surface area contributed by atoms with Crippen LogP contribution in [-0.4, -0.2) is 52.8 Å². The maximum absolute atomic E-state index is 12.6. The Balaban J connectivity index is 1.61. The highest BCUT2D eigenvalue weighted by Gasteiger charge is 2.28. The van der Waals surface area contributed by atoms with Gasteiger partial charge in [0.25, 0.3) is 5.91 Å². The van der Waals surface area contributed by atoms with Gasteiger partial charge in [-0.1, -0.05) is 11.6 Å². The molecule has 1 amide bonds. The maximum atomic E-state index is 12.6. The van der Waals surface area contributed by atoms with Crippen molar-refractivity contribution in [2.24, 2.45) is 0 Å². The number of halogens is 1. The fraction of sp³-hybridized carbons (Fsp3) is 0.214. The second-order valence-electron chi connectivity index (χ2n) is 5.37. The molecule has 0 fully saturated rings. The molecule has 0 radical (unpaired) electrons. The Bertz CT molecular complexity index is 978. The molecule has 24 heavy (non-hydrogen) atoms. The highest BCUT2D eigenvalue weighted by atomic mass is 35.5. The van der Waals surface area contributed by atoms with E-state index in [1.807, 2.05) is 0 Å². The van der Waals surface area contributed by atoms with Crippen molar-refractivity contribution in [1.82, 2.24) is 29.3 Å². The van der Waals surface area contributed by atoms with Gasteiger partial charge in [0.2, 0.25) is 5.82 Å². The molecule has 122 valence electrons. The van der Waals surface area contributed by atoms with Crippen LogP contribution in [-0.2, 0) is 13.1 Å². The van der Waals surface area contributed by atoms with Gasteiger partial charge in [0, 0.05) is 19.3 Å². The Labute approximate surface area is 140 Å². The molecule has 3 aromatic heterocycles. The van der Waals surface area contributed by atoms with Crippen LogP contribution in [0.25, 0.3) is 5.52 Å². The van der Waals surface area contributed by atoms with Crippen LogP contribution < -0.4 is 0 Å². The molecule has 4 heterocycles. The zero-order valence-electron chi connectivity index (χ0n) is 12.3. The molecule has 1 aliphatic rings. The summed E-state index contributed by atoms with van der Waals surface area (Å²) in [6, 6.07) is 5.18. The van der Waals surface area contributed by atoms with Gasteiger partial charge in [-0.25, -0.2) is 9.31 Å². The number of aromatic carboxylic acids is 1. The first-order valence-corrected chi connectivity index (χ1v) is 7.50. The number of amides is 1. The lowest BCUT2D eigenvalue weighted by Crippen LogP contribution is -2.39. The molecule has 0 aliphatic carbocycles. The number of pyridine rings is 1. The maximum Gasteiger partial charge on any atom is 0.374 e. The summed E-state index contributed by atoms with van der Waals surface area (Å²) in [5.41, 5.74) is 1.06. The molecule has 0 atom stereocenters. The van der Waals surface area contributed by atoms with Crippen molar-refractivity contribution in [2.75, 3.05) is 6.54 Å². The molecule has 1 aliphatic heterocycles. The van der Waals surface area contributed by atoms with Crippen molar-refractivity contribution < 1.29 is 14.7 Å². The van der Waals surface area contributed by atoms with E-state index in [9.17, 15) is 9.59 Å². The van der Waals surface area contributed by atoms with E-state index in [0.29, 0.717) is 29.6 Å². The van der Waals surface area contributed by atoms with Crippen LogP contribution >= 0.6 is 11.6 Å². The van der Waals surface area contributed by atoms with Crippen LogP contribution in [0.2, 0.25) is 5.02 Å². The summed E-state index contributed by atoms with van der Waals surface area (Å²) in [5.74, 6) is -1.05. The Morgan fingerprint density at radius 3 is 2.83 bits per heavy atom. The molecule has 10 heteroatoms. The lowest BCUT2D eigenvalue weighted by Gasteiger charge is -2.26. The SMILES string of the molecule is O=C(O)c1nnc2n1CCN(C(=O)c1cc3ccc(Cl)cn3n1)C2. The molecule has 4 rings (SSSR count). The average molecular weight is 347 g/mol. The van der Waals surface area contributed by atoms with Crippen molar-refractivity contribution >= 4 is 29.0 Å². The topological polar surface area (TPSA) is 106 Å². The molecule has 9 nitrogen and oxygen atoms in total. The zero-order chi connectivity index (χ0) is 16.8. The van der Waals surface area contributed by atoms with Gasteiger partial charge in [-0.3, -0.25) is 4.79 Å². The molecule has 0 spiro atoms. The number of fused-ring (bicyclic) bond motifs is 2. The summed E-state index contributed by atoms with van der Waals surface area (Å²) >= 11 is 5.92. The molecular weight excluding hydrogens is 336 g/mol. The van der Waals surface area contributed by atoms with Crippen molar-refractivity contribution in [3.05, 3.63) is 46.8 Å². The Morgan fingerprint density at radius 2 is 2.04 bits per heavy atom. The van der Waals surface area contributed by atoms with E-state index in [1.54, 1.807) is 33.8 Å². The summed E-state index contributed by atoms with van der Waals surface area (Å²) in [7, 11) is 0. The number of carbonyl (C=O) groups is 2. The van der Waals surface area contributed by atoms with E-state index < -0.39 is 5.97 Å². The van der Waals surface area contributed by atoms with Crippen LogP contribution in [0, 0.1) is 0 Å². The molecule has 0 unspecified atom stereocenters. The first-order valence-electron chi connectivity index (χ1n) is 7.12. The number of carboxylic acids is 1. The van der Waals surface area contributed by atoms with E-state index >= 15 is 0 Å². The van der Waals surface area contributed by atoms with E-state index in [4.69, 9.17) is 16.7 Å². The summed E-state index contributed by atoms with van der Waals surface area (Å²) in [5, 5.41) is 21.3. The number of hydrogen-bond acceptors (Lipinski definition) is 5. The second-order valence-corrected chi connectivity index (χ2v) is 5.81. The molecule has 3 aromatic rings. The minimum absolute atomic E-state index is 0.112. The Hall–Kier alpha value is -2.94. The summed E-state index contributed by atoms with van der Waals surface area (Å²) in [6.07, 6.45) is 1.62. The van der Waals surface area contributed by atoms with Crippen molar-refractivity contribution in [2.45, 2.75) is 13.1 Å². The fourth-order valence-electron chi connectivity index (χ4n) is 2.72. The predicted octanol–water partition coefficient (Wildman–Crippen LogP) is 0.933. The molecule has 0 aromatic carbocycles. The number of aromatic nitrogens is 5. The standard InChI is InChI=1S/C14H11ClN6O3/c15-8-1-2-9-5-10(18-21(9)6-8)13(22)19-3-4-20-11(7-19)16-17-12(20)14(23)24/h1-2,5-6H,3-4,7H2,(H,23,24). The number of carbonyl (C=O) groups excluding carboxylic acids is 1. The molecule has 0 saturated heterocycles. The van der Waals surface area contributed by atoms with Gasteiger partial charge in [-0.05, 0) is 18.2 Å². The zero-order valence-corrected chi connectivity index (χ0v) is 13.0. The summed E-state index contributed by atoms with van der Waals surface area (Å²) < 4.78 is 3.06. The number of hydrogen-bond donors (Lipinski definition) is 1. The minimum atomic E-state index is -1.13. The third kappa shape index (κ3) is 2.29. The predicted molar refractivity (Wildman–Crippen MR) is 81.9 cm³/mol. The van der Waals surface area contributed by atoms with Gasteiger partial charge < -0.3 is 14.6 Å². The lowest BCUT2D eigenvalue weighted by molar-refractivity contribution is 0.0664. The third-order valence-electron chi connectivity index (χ3n) is 3.87. The smallest absolute Gasteiger partial charge is 0.374 e. The second kappa shape index (κ2) is 5.31. The van der Waals surface area contributed by atoms with Crippen LogP contribution in [0.5, 0.6) is 0 Å².